The molecule has 2 N–H and O–H groups in total. The van der Waals surface area contributed by atoms with Gasteiger partial charge >= 0.3 is 5.97 Å². The van der Waals surface area contributed by atoms with Crippen LogP contribution in [0.25, 0.3) is 0 Å². The quantitative estimate of drug-likeness (QED) is 0.826. The number of aliphatic carboxylic acids is 1. The smallest absolute Gasteiger partial charge is 0.303 e. The van der Waals surface area contributed by atoms with Crippen molar-refractivity contribution < 1.29 is 28.9 Å². The number of carbonyl (C=O) groups is 2. The van der Waals surface area contributed by atoms with Crippen molar-refractivity contribution in [1.82, 2.24) is 5.32 Å². The van der Waals surface area contributed by atoms with Crippen LogP contribution >= 0.6 is 0 Å². The van der Waals surface area contributed by atoms with E-state index in [1.807, 2.05) is 0 Å². The number of nitrogens with one attached hydrogen (secondary N) is 1. The van der Waals surface area contributed by atoms with Crippen LogP contribution in [0.5, 0.6) is 17.2 Å². The first-order valence-corrected chi connectivity index (χ1v) is 7.01. The molecule has 120 valence electrons. The Hall–Kier alpha value is -2.44. The van der Waals surface area contributed by atoms with Crippen molar-refractivity contribution in [1.29, 1.82) is 0 Å². The first kappa shape index (κ1) is 15.9. The average molecular weight is 309 g/mol. The van der Waals surface area contributed by atoms with Gasteiger partial charge < -0.3 is 24.6 Å². The van der Waals surface area contributed by atoms with Crippen LogP contribution in [0.1, 0.15) is 30.1 Å². The summed E-state index contributed by atoms with van der Waals surface area (Å²) in [7, 11) is 1.49. The molecule has 1 aliphatic rings. The van der Waals surface area contributed by atoms with E-state index in [9.17, 15) is 9.59 Å². The highest BCUT2D eigenvalue weighted by molar-refractivity contribution is 5.95. The summed E-state index contributed by atoms with van der Waals surface area (Å²) in [5.74, 6) is 0.189. The number of carboxylic acid groups (broad SMARTS) is 1. The predicted octanol–water partition coefficient (Wildman–Crippen LogP) is 1.45. The molecule has 1 aromatic carbocycles. The van der Waals surface area contributed by atoms with Crippen LogP contribution in [0.15, 0.2) is 12.1 Å². The molecular weight excluding hydrogens is 290 g/mol. The Balaban J connectivity index is 2.11. The number of hydrogen-bond acceptors (Lipinski definition) is 5. The maximum absolute atomic E-state index is 12.2. The molecule has 22 heavy (non-hydrogen) atoms. The van der Waals surface area contributed by atoms with Crippen LogP contribution in [0.2, 0.25) is 0 Å². The van der Waals surface area contributed by atoms with Gasteiger partial charge in [-0.3, -0.25) is 9.59 Å². The van der Waals surface area contributed by atoms with E-state index in [4.69, 9.17) is 19.3 Å². The van der Waals surface area contributed by atoms with Crippen LogP contribution in [-0.4, -0.2) is 43.3 Å². The first-order chi connectivity index (χ1) is 10.5. The third-order valence-corrected chi connectivity index (χ3v) is 3.26. The van der Waals surface area contributed by atoms with E-state index in [1.165, 1.54) is 7.11 Å². The summed E-state index contributed by atoms with van der Waals surface area (Å²) in [6, 6.07) is 2.92. The molecule has 1 heterocycles. The van der Waals surface area contributed by atoms with Gasteiger partial charge in [0.25, 0.3) is 5.91 Å². The number of hydrogen-bond donors (Lipinski definition) is 2. The van der Waals surface area contributed by atoms with E-state index >= 15 is 0 Å². The molecule has 1 aliphatic heterocycles. The predicted molar refractivity (Wildman–Crippen MR) is 77.8 cm³/mol. The minimum absolute atomic E-state index is 0.00586. The summed E-state index contributed by atoms with van der Waals surface area (Å²) in [6.07, 6.45) is 0.370. The molecule has 0 aliphatic carbocycles. The van der Waals surface area contributed by atoms with E-state index in [0.717, 1.165) is 0 Å². The number of benzene rings is 1. The molecular formula is C15H19NO6. The molecule has 0 spiro atoms. The maximum atomic E-state index is 12.2. The third-order valence-electron chi connectivity index (χ3n) is 3.26. The van der Waals surface area contributed by atoms with Crippen LogP contribution < -0.4 is 19.5 Å². The Kier molecular flexibility index (Phi) is 5.08. The van der Waals surface area contributed by atoms with Crippen molar-refractivity contribution in [3.63, 3.8) is 0 Å². The van der Waals surface area contributed by atoms with Crippen LogP contribution in [-0.2, 0) is 4.79 Å². The van der Waals surface area contributed by atoms with E-state index < -0.39 is 5.97 Å². The van der Waals surface area contributed by atoms with E-state index in [1.54, 1.807) is 19.1 Å². The molecule has 1 aromatic rings. The zero-order valence-corrected chi connectivity index (χ0v) is 12.5. The minimum Gasteiger partial charge on any atom is -0.493 e. The first-order valence-electron chi connectivity index (χ1n) is 7.01. The second-order valence-electron chi connectivity index (χ2n) is 5.01. The fourth-order valence-electron chi connectivity index (χ4n) is 2.12. The number of ether oxygens (including phenoxy) is 3. The Labute approximate surface area is 128 Å². The van der Waals surface area contributed by atoms with Crippen molar-refractivity contribution >= 4 is 11.9 Å². The van der Waals surface area contributed by atoms with Gasteiger partial charge in [-0.15, -0.1) is 0 Å². The molecule has 2 rings (SSSR count). The summed E-state index contributed by atoms with van der Waals surface area (Å²) < 4.78 is 16.2. The van der Waals surface area contributed by atoms with Gasteiger partial charge in [0.2, 0.25) is 5.75 Å². The lowest BCUT2D eigenvalue weighted by Crippen LogP contribution is -2.33. The Bertz CT molecular complexity index is 554. The van der Waals surface area contributed by atoms with Crippen LogP contribution in [0, 0.1) is 0 Å². The van der Waals surface area contributed by atoms with Crippen molar-refractivity contribution in [2.75, 3.05) is 20.3 Å². The zero-order valence-electron chi connectivity index (χ0n) is 12.5. The summed E-state index contributed by atoms with van der Waals surface area (Å²) in [5.41, 5.74) is 0.378. The maximum Gasteiger partial charge on any atom is 0.303 e. The van der Waals surface area contributed by atoms with Gasteiger partial charge in [0.15, 0.2) is 11.5 Å². The normalized spacial score (nSPS) is 14.1. The molecule has 0 aromatic heterocycles. The molecule has 1 atom stereocenters. The van der Waals surface area contributed by atoms with Gasteiger partial charge in [0.1, 0.15) is 13.2 Å². The standard InChI is InChI=1S/C15H19NO6/c1-9(3-4-13(17)18)16-15(19)10-7-11(20-2)14-12(8-10)21-5-6-22-14/h7-9H,3-6H2,1-2H3,(H,16,19)(H,17,18). The molecule has 1 unspecified atom stereocenters. The fourth-order valence-corrected chi connectivity index (χ4v) is 2.12. The molecule has 1 amide bonds. The molecule has 0 saturated heterocycles. The van der Waals surface area contributed by atoms with Gasteiger partial charge in [0.05, 0.1) is 7.11 Å². The topological polar surface area (TPSA) is 94.1 Å². The summed E-state index contributed by atoms with van der Waals surface area (Å²) in [5, 5.41) is 11.4. The van der Waals surface area contributed by atoms with Gasteiger partial charge in [-0.1, -0.05) is 0 Å². The van der Waals surface area contributed by atoms with Crippen molar-refractivity contribution in [2.24, 2.45) is 0 Å². The number of fused-ring (bicyclic) bond motifs is 1. The Morgan fingerprint density at radius 3 is 2.77 bits per heavy atom. The lowest BCUT2D eigenvalue weighted by Gasteiger charge is -2.21. The van der Waals surface area contributed by atoms with Gasteiger partial charge in [0, 0.05) is 18.0 Å². The molecule has 7 nitrogen and oxygen atoms in total. The highest BCUT2D eigenvalue weighted by atomic mass is 16.6. The van der Waals surface area contributed by atoms with E-state index in [2.05, 4.69) is 5.32 Å². The number of carbonyl (C=O) groups excluding carboxylic acids is 1. The number of methoxy groups -OCH3 is 1. The summed E-state index contributed by atoms with van der Waals surface area (Å²) in [4.78, 5) is 22.8. The largest absolute Gasteiger partial charge is 0.493 e. The molecule has 0 fully saturated rings. The fraction of sp³-hybridized carbons (Fsp3) is 0.467. The second-order valence-corrected chi connectivity index (χ2v) is 5.01. The van der Waals surface area contributed by atoms with Crippen molar-refractivity contribution in [3.05, 3.63) is 17.7 Å². The molecule has 0 radical (unpaired) electrons. The highest BCUT2D eigenvalue weighted by Gasteiger charge is 2.21. The van der Waals surface area contributed by atoms with E-state index in [-0.39, 0.29) is 18.4 Å². The van der Waals surface area contributed by atoms with Gasteiger partial charge in [-0.05, 0) is 25.5 Å². The highest BCUT2D eigenvalue weighted by Crippen LogP contribution is 2.40. The third kappa shape index (κ3) is 3.81. The van der Waals surface area contributed by atoms with Gasteiger partial charge in [-0.2, -0.15) is 0 Å². The SMILES string of the molecule is COc1cc(C(=O)NC(C)CCC(=O)O)cc2c1OCCO2. The van der Waals surface area contributed by atoms with Gasteiger partial charge in [-0.25, -0.2) is 0 Å². The number of amides is 1. The molecule has 0 bridgehead atoms. The lowest BCUT2D eigenvalue weighted by atomic mass is 10.1. The van der Waals surface area contributed by atoms with E-state index in [0.29, 0.717) is 42.4 Å². The summed E-state index contributed by atoms with van der Waals surface area (Å²) in [6.45, 7) is 2.60. The average Bonchev–Trinajstić information content (AvgIpc) is 2.51. The molecule has 0 saturated carbocycles. The van der Waals surface area contributed by atoms with Crippen LogP contribution in [0.4, 0.5) is 0 Å². The molecule has 7 heteroatoms. The van der Waals surface area contributed by atoms with Crippen LogP contribution in [0.3, 0.4) is 0 Å². The van der Waals surface area contributed by atoms with Crippen molar-refractivity contribution in [3.8, 4) is 17.2 Å². The summed E-state index contributed by atoms with van der Waals surface area (Å²) >= 11 is 0. The lowest BCUT2D eigenvalue weighted by molar-refractivity contribution is -0.137. The van der Waals surface area contributed by atoms with Crippen molar-refractivity contribution in [2.45, 2.75) is 25.8 Å². The monoisotopic (exact) mass is 309 g/mol. The second kappa shape index (κ2) is 7.02. The zero-order chi connectivity index (χ0) is 16.1. The Morgan fingerprint density at radius 2 is 2.09 bits per heavy atom. The minimum atomic E-state index is -0.887. The number of carboxylic acids is 1. The number of rotatable bonds is 6. The Morgan fingerprint density at radius 1 is 1.36 bits per heavy atom.